The molecule has 1 aromatic rings. The highest BCUT2D eigenvalue weighted by molar-refractivity contribution is 7.91. The molecule has 0 bridgehead atoms. The molecule has 0 aromatic carbocycles. The summed E-state index contributed by atoms with van der Waals surface area (Å²) in [5.41, 5.74) is 0. The highest BCUT2D eigenvalue weighted by Crippen LogP contribution is 2.23. The van der Waals surface area contributed by atoms with E-state index >= 15 is 0 Å². The molecule has 1 amide bonds. The zero-order valence-electron chi connectivity index (χ0n) is 13.7. The Morgan fingerprint density at radius 1 is 1.33 bits per heavy atom. The van der Waals surface area contributed by atoms with Gasteiger partial charge in [0.1, 0.15) is 0 Å². The zero-order valence-corrected chi connectivity index (χ0v) is 14.5. The molecule has 2 aliphatic heterocycles. The maximum absolute atomic E-state index is 11.7. The third kappa shape index (κ3) is 3.58. The fourth-order valence-electron chi connectivity index (χ4n) is 3.21. The van der Waals surface area contributed by atoms with Crippen LogP contribution in [0.15, 0.2) is 6.20 Å². The summed E-state index contributed by atoms with van der Waals surface area (Å²) in [4.78, 5) is 21.1. The van der Waals surface area contributed by atoms with Gasteiger partial charge in [0.15, 0.2) is 15.7 Å². The summed E-state index contributed by atoms with van der Waals surface area (Å²) in [7, 11) is -2.95. The van der Waals surface area contributed by atoms with Crippen molar-refractivity contribution in [2.24, 2.45) is 0 Å². The molecular weight excluding hydrogens is 332 g/mol. The Hall–Kier alpha value is -1.97. The van der Waals surface area contributed by atoms with Gasteiger partial charge in [-0.3, -0.25) is 4.79 Å². The quantitative estimate of drug-likeness (QED) is 0.631. The molecule has 0 N–H and O–H groups in total. The van der Waals surface area contributed by atoms with Crippen molar-refractivity contribution >= 4 is 28.0 Å². The number of rotatable bonds is 5. The first-order valence-electron chi connectivity index (χ1n) is 8.13. The summed E-state index contributed by atoms with van der Waals surface area (Å²) in [5.74, 6) is 1.57. The molecule has 1 unspecified atom stereocenters. The van der Waals surface area contributed by atoms with E-state index in [0.717, 1.165) is 6.41 Å². The van der Waals surface area contributed by atoms with Crippen molar-refractivity contribution in [3.05, 3.63) is 6.20 Å². The van der Waals surface area contributed by atoms with Crippen LogP contribution in [0.3, 0.4) is 0 Å². The van der Waals surface area contributed by atoms with Crippen LogP contribution in [0, 0.1) is 0 Å². The van der Waals surface area contributed by atoms with E-state index in [9.17, 15) is 13.2 Å². The van der Waals surface area contributed by atoms with Crippen molar-refractivity contribution < 1.29 is 13.2 Å². The summed E-state index contributed by atoms with van der Waals surface area (Å²) in [6.45, 7) is 5.24. The first-order chi connectivity index (χ1) is 11.5. The number of piperazine rings is 1. The molecule has 9 nitrogen and oxygen atoms in total. The van der Waals surface area contributed by atoms with Crippen LogP contribution < -0.4 is 9.80 Å². The van der Waals surface area contributed by atoms with E-state index < -0.39 is 9.84 Å². The zero-order chi connectivity index (χ0) is 17.2. The summed E-state index contributed by atoms with van der Waals surface area (Å²) < 4.78 is 23.5. The number of carbonyl (C=O) groups excluding carboxylic acids is 1. The first kappa shape index (κ1) is 16.9. The molecule has 2 fully saturated rings. The van der Waals surface area contributed by atoms with E-state index in [2.05, 4.69) is 15.2 Å². The summed E-state index contributed by atoms with van der Waals surface area (Å²) in [6.07, 6.45) is 3.05. The van der Waals surface area contributed by atoms with Crippen molar-refractivity contribution in [1.82, 2.24) is 20.1 Å². The van der Waals surface area contributed by atoms with Gasteiger partial charge in [-0.15, -0.1) is 5.10 Å². The smallest absolute Gasteiger partial charge is 0.247 e. The van der Waals surface area contributed by atoms with Gasteiger partial charge in [-0.05, 0) is 13.3 Å². The molecule has 0 saturated carbocycles. The van der Waals surface area contributed by atoms with E-state index in [1.807, 2.05) is 16.7 Å². The van der Waals surface area contributed by atoms with E-state index in [4.69, 9.17) is 0 Å². The monoisotopic (exact) mass is 354 g/mol. The van der Waals surface area contributed by atoms with Gasteiger partial charge in [-0.2, -0.15) is 10.1 Å². The van der Waals surface area contributed by atoms with Gasteiger partial charge in [0.2, 0.25) is 12.4 Å². The molecule has 132 valence electrons. The van der Waals surface area contributed by atoms with Crippen LogP contribution in [-0.4, -0.2) is 85.2 Å². The van der Waals surface area contributed by atoms with E-state index in [1.165, 1.54) is 0 Å². The van der Waals surface area contributed by atoms with Crippen LogP contribution >= 0.6 is 0 Å². The Balaban J connectivity index is 1.75. The Labute approximate surface area is 141 Å². The predicted molar refractivity (Wildman–Crippen MR) is 89.8 cm³/mol. The third-order valence-corrected chi connectivity index (χ3v) is 6.32. The molecule has 1 aromatic heterocycles. The molecule has 1 atom stereocenters. The van der Waals surface area contributed by atoms with Gasteiger partial charge in [-0.1, -0.05) is 0 Å². The maximum Gasteiger partial charge on any atom is 0.247 e. The Morgan fingerprint density at radius 3 is 2.67 bits per heavy atom. The van der Waals surface area contributed by atoms with E-state index in [0.29, 0.717) is 50.9 Å². The van der Waals surface area contributed by atoms with Gasteiger partial charge in [0.05, 0.1) is 17.7 Å². The van der Waals surface area contributed by atoms with Gasteiger partial charge in [0, 0.05) is 38.8 Å². The number of nitrogens with zero attached hydrogens (tertiary/aromatic N) is 6. The van der Waals surface area contributed by atoms with E-state index in [-0.39, 0.29) is 17.5 Å². The van der Waals surface area contributed by atoms with Gasteiger partial charge in [0.25, 0.3) is 0 Å². The second kappa shape index (κ2) is 6.88. The topological polar surface area (TPSA) is 99.6 Å². The standard InChI is InChI=1S/C14H22N6O3S/c1-2-20(12-3-8-24(22,23)10-12)13-9-15-17-14(16-13)19-6-4-18(11-21)5-7-19/h9,11-12H,2-8,10H2,1H3. The fraction of sp³-hybridized carbons (Fsp3) is 0.714. The fourth-order valence-corrected chi connectivity index (χ4v) is 4.94. The van der Waals surface area contributed by atoms with Crippen LogP contribution in [-0.2, 0) is 14.6 Å². The van der Waals surface area contributed by atoms with Crippen LogP contribution in [0.25, 0.3) is 0 Å². The van der Waals surface area contributed by atoms with Crippen molar-refractivity contribution in [3.8, 4) is 0 Å². The second-order valence-corrected chi connectivity index (χ2v) is 8.31. The summed E-state index contributed by atoms with van der Waals surface area (Å²) in [6, 6.07) is -0.0588. The second-order valence-electron chi connectivity index (χ2n) is 6.09. The maximum atomic E-state index is 11.7. The van der Waals surface area contributed by atoms with Gasteiger partial charge < -0.3 is 14.7 Å². The number of anilines is 2. The lowest BCUT2D eigenvalue weighted by atomic mass is 10.2. The first-order valence-corrected chi connectivity index (χ1v) is 9.95. The highest BCUT2D eigenvalue weighted by Gasteiger charge is 2.32. The largest absolute Gasteiger partial charge is 0.351 e. The molecule has 2 aliphatic rings. The third-order valence-electron chi connectivity index (χ3n) is 4.57. The molecule has 0 aliphatic carbocycles. The van der Waals surface area contributed by atoms with Crippen molar-refractivity contribution in [2.75, 3.05) is 54.0 Å². The van der Waals surface area contributed by atoms with Crippen molar-refractivity contribution in [3.63, 3.8) is 0 Å². The Bertz CT molecular complexity index is 690. The molecular formula is C14H22N6O3S. The minimum atomic E-state index is -2.95. The average molecular weight is 354 g/mol. The van der Waals surface area contributed by atoms with Gasteiger partial charge in [-0.25, -0.2) is 8.42 Å². The molecule has 3 rings (SSSR count). The van der Waals surface area contributed by atoms with E-state index in [1.54, 1.807) is 11.1 Å². The number of sulfone groups is 1. The molecule has 0 spiro atoms. The number of carbonyl (C=O) groups is 1. The molecule has 10 heteroatoms. The number of amides is 1. The molecule has 0 radical (unpaired) electrons. The van der Waals surface area contributed by atoms with Crippen molar-refractivity contribution in [1.29, 1.82) is 0 Å². The van der Waals surface area contributed by atoms with Crippen LogP contribution in [0.1, 0.15) is 13.3 Å². The minimum Gasteiger partial charge on any atom is -0.351 e. The number of hydrogen-bond acceptors (Lipinski definition) is 8. The average Bonchev–Trinajstić information content (AvgIpc) is 2.95. The van der Waals surface area contributed by atoms with Crippen LogP contribution in [0.5, 0.6) is 0 Å². The Kier molecular flexibility index (Phi) is 4.83. The molecule has 3 heterocycles. The lowest BCUT2D eigenvalue weighted by Crippen LogP contribution is -2.46. The summed E-state index contributed by atoms with van der Waals surface area (Å²) >= 11 is 0. The molecule has 24 heavy (non-hydrogen) atoms. The van der Waals surface area contributed by atoms with Crippen LogP contribution in [0.2, 0.25) is 0 Å². The predicted octanol–water partition coefficient (Wildman–Crippen LogP) is -0.837. The van der Waals surface area contributed by atoms with Gasteiger partial charge >= 0.3 is 0 Å². The number of hydrogen-bond donors (Lipinski definition) is 0. The Morgan fingerprint density at radius 2 is 2.08 bits per heavy atom. The minimum absolute atomic E-state index is 0.0588. The molecule has 2 saturated heterocycles. The van der Waals surface area contributed by atoms with Crippen LogP contribution in [0.4, 0.5) is 11.8 Å². The lowest BCUT2D eigenvalue weighted by Gasteiger charge is -2.33. The SMILES string of the molecule is CCN(c1cnnc(N2CCN(C=O)CC2)n1)C1CCS(=O)(=O)C1. The lowest BCUT2D eigenvalue weighted by molar-refractivity contribution is -0.118. The number of aromatic nitrogens is 3. The normalized spacial score (nSPS) is 23.3. The van der Waals surface area contributed by atoms with Crippen molar-refractivity contribution in [2.45, 2.75) is 19.4 Å². The summed E-state index contributed by atoms with van der Waals surface area (Å²) in [5, 5.41) is 8.15. The highest BCUT2D eigenvalue weighted by atomic mass is 32.2.